The minimum Gasteiger partial charge on any atom is -0.298 e. The van der Waals surface area contributed by atoms with Gasteiger partial charge in [-0.1, -0.05) is 41.7 Å². The van der Waals surface area contributed by atoms with Crippen molar-refractivity contribution in [2.45, 2.75) is 4.90 Å². The van der Waals surface area contributed by atoms with E-state index < -0.39 is 10.0 Å². The smallest absolute Gasteiger partial charge is 0.261 e. The molecule has 0 aliphatic carbocycles. The SMILES string of the molecule is O=C(Nc1nc2ccccc2s1)c1ccc(NS(=O)(=O)c2ccccc2)cc1. The highest BCUT2D eigenvalue weighted by molar-refractivity contribution is 7.92. The van der Waals surface area contributed by atoms with E-state index in [-0.39, 0.29) is 10.8 Å². The number of nitrogens with zero attached hydrogens (tertiary/aromatic N) is 1. The third-order valence-corrected chi connectivity index (χ3v) is 6.32. The Labute approximate surface area is 165 Å². The Morgan fingerprint density at radius 2 is 1.54 bits per heavy atom. The molecule has 1 heterocycles. The van der Waals surface area contributed by atoms with Gasteiger partial charge in [0.2, 0.25) is 0 Å². The van der Waals surface area contributed by atoms with E-state index in [1.807, 2.05) is 24.3 Å². The van der Waals surface area contributed by atoms with Gasteiger partial charge in [-0.15, -0.1) is 0 Å². The molecule has 0 atom stereocenters. The molecule has 0 unspecified atom stereocenters. The average Bonchev–Trinajstić information content (AvgIpc) is 3.11. The molecule has 6 nitrogen and oxygen atoms in total. The zero-order chi connectivity index (χ0) is 19.6. The number of sulfonamides is 1. The number of benzene rings is 3. The number of thiazole rings is 1. The number of carbonyl (C=O) groups is 1. The predicted molar refractivity (Wildman–Crippen MR) is 111 cm³/mol. The first-order chi connectivity index (χ1) is 13.5. The number of hydrogen-bond donors (Lipinski definition) is 2. The van der Waals surface area contributed by atoms with Crippen LogP contribution in [0.5, 0.6) is 0 Å². The predicted octanol–water partition coefficient (Wildman–Crippen LogP) is 4.35. The van der Waals surface area contributed by atoms with Crippen LogP contribution >= 0.6 is 11.3 Å². The van der Waals surface area contributed by atoms with Crippen LogP contribution in [0.3, 0.4) is 0 Å². The number of anilines is 2. The molecule has 3 aromatic carbocycles. The molecule has 1 aromatic heterocycles. The molecule has 0 fully saturated rings. The lowest BCUT2D eigenvalue weighted by molar-refractivity contribution is 0.102. The molecule has 0 bridgehead atoms. The minimum absolute atomic E-state index is 0.174. The fourth-order valence-corrected chi connectivity index (χ4v) is 4.54. The van der Waals surface area contributed by atoms with Crippen molar-refractivity contribution in [1.29, 1.82) is 0 Å². The molecule has 0 saturated heterocycles. The highest BCUT2D eigenvalue weighted by Crippen LogP contribution is 2.26. The molecule has 140 valence electrons. The maximum absolute atomic E-state index is 12.4. The Hall–Kier alpha value is -3.23. The van der Waals surface area contributed by atoms with Crippen molar-refractivity contribution in [3.05, 3.63) is 84.4 Å². The van der Waals surface area contributed by atoms with Crippen LogP contribution in [0.15, 0.2) is 83.8 Å². The summed E-state index contributed by atoms with van der Waals surface area (Å²) >= 11 is 1.39. The highest BCUT2D eigenvalue weighted by atomic mass is 32.2. The summed E-state index contributed by atoms with van der Waals surface area (Å²) in [6.45, 7) is 0. The normalized spacial score (nSPS) is 11.3. The molecule has 0 aliphatic rings. The minimum atomic E-state index is -3.67. The number of aromatic nitrogens is 1. The number of carbonyl (C=O) groups excluding carboxylic acids is 1. The van der Waals surface area contributed by atoms with Crippen molar-refractivity contribution in [3.8, 4) is 0 Å². The van der Waals surface area contributed by atoms with Crippen LogP contribution in [0.25, 0.3) is 10.2 Å². The van der Waals surface area contributed by atoms with E-state index in [9.17, 15) is 13.2 Å². The van der Waals surface area contributed by atoms with E-state index in [0.29, 0.717) is 16.4 Å². The number of nitrogens with one attached hydrogen (secondary N) is 2. The van der Waals surface area contributed by atoms with Gasteiger partial charge < -0.3 is 0 Å². The lowest BCUT2D eigenvalue weighted by Crippen LogP contribution is -2.14. The molecule has 0 saturated carbocycles. The van der Waals surface area contributed by atoms with Crippen molar-refractivity contribution in [2.75, 3.05) is 10.0 Å². The second-order valence-electron chi connectivity index (χ2n) is 5.94. The Kier molecular flexibility index (Phi) is 4.81. The van der Waals surface area contributed by atoms with Gasteiger partial charge in [0, 0.05) is 11.3 Å². The molecule has 0 radical (unpaired) electrons. The van der Waals surface area contributed by atoms with Gasteiger partial charge >= 0.3 is 0 Å². The third kappa shape index (κ3) is 3.88. The average molecular weight is 409 g/mol. The van der Waals surface area contributed by atoms with Crippen LogP contribution in [-0.4, -0.2) is 19.3 Å². The first-order valence-corrected chi connectivity index (χ1v) is 10.7. The van der Waals surface area contributed by atoms with E-state index in [4.69, 9.17) is 0 Å². The molecule has 1 amide bonds. The van der Waals surface area contributed by atoms with Crippen molar-refractivity contribution < 1.29 is 13.2 Å². The van der Waals surface area contributed by atoms with Gasteiger partial charge in [0.25, 0.3) is 15.9 Å². The first kappa shape index (κ1) is 18.1. The summed E-state index contributed by atoms with van der Waals surface area (Å²) in [6, 6.07) is 21.9. The topological polar surface area (TPSA) is 88.2 Å². The Morgan fingerprint density at radius 3 is 2.25 bits per heavy atom. The number of amides is 1. The maximum Gasteiger partial charge on any atom is 0.261 e. The summed E-state index contributed by atoms with van der Waals surface area (Å²) in [5, 5.41) is 3.28. The van der Waals surface area contributed by atoms with Crippen molar-refractivity contribution in [2.24, 2.45) is 0 Å². The summed E-state index contributed by atoms with van der Waals surface area (Å²) in [5.74, 6) is -0.309. The molecule has 0 spiro atoms. The molecule has 0 aliphatic heterocycles. The Balaban J connectivity index is 1.47. The van der Waals surface area contributed by atoms with E-state index in [1.54, 1.807) is 42.5 Å². The summed E-state index contributed by atoms with van der Waals surface area (Å²) in [7, 11) is -3.67. The monoisotopic (exact) mass is 409 g/mol. The van der Waals surface area contributed by atoms with Gasteiger partial charge in [0.05, 0.1) is 15.1 Å². The standard InChI is InChI=1S/C20H15N3O3S2/c24-19(22-20-21-17-8-4-5-9-18(17)27-20)14-10-12-15(13-11-14)23-28(25,26)16-6-2-1-3-7-16/h1-13,23H,(H,21,22,24). The fraction of sp³-hybridized carbons (Fsp3) is 0. The summed E-state index contributed by atoms with van der Waals surface area (Å²) in [6.07, 6.45) is 0. The molecular weight excluding hydrogens is 394 g/mol. The van der Waals surface area contributed by atoms with Crippen molar-refractivity contribution in [3.63, 3.8) is 0 Å². The van der Waals surface area contributed by atoms with E-state index in [1.165, 1.54) is 23.5 Å². The number of hydrogen-bond acceptors (Lipinski definition) is 5. The van der Waals surface area contributed by atoms with E-state index in [0.717, 1.165) is 10.2 Å². The van der Waals surface area contributed by atoms with Crippen molar-refractivity contribution in [1.82, 2.24) is 4.98 Å². The zero-order valence-electron chi connectivity index (χ0n) is 14.5. The van der Waals surface area contributed by atoms with Crippen LogP contribution in [0, 0.1) is 0 Å². The summed E-state index contributed by atoms with van der Waals surface area (Å²) in [5.41, 5.74) is 1.61. The zero-order valence-corrected chi connectivity index (χ0v) is 16.1. The maximum atomic E-state index is 12.4. The van der Waals surface area contributed by atoms with Crippen LogP contribution in [-0.2, 0) is 10.0 Å². The molecular formula is C20H15N3O3S2. The quantitative estimate of drug-likeness (QED) is 0.513. The first-order valence-electron chi connectivity index (χ1n) is 8.36. The van der Waals surface area contributed by atoms with Crippen LogP contribution < -0.4 is 10.0 Å². The molecule has 8 heteroatoms. The van der Waals surface area contributed by atoms with E-state index in [2.05, 4.69) is 15.0 Å². The van der Waals surface area contributed by atoms with Crippen LogP contribution in [0.1, 0.15) is 10.4 Å². The number of para-hydroxylation sites is 1. The second kappa shape index (κ2) is 7.41. The van der Waals surface area contributed by atoms with E-state index >= 15 is 0 Å². The molecule has 28 heavy (non-hydrogen) atoms. The largest absolute Gasteiger partial charge is 0.298 e. The lowest BCUT2D eigenvalue weighted by Gasteiger charge is -2.08. The lowest BCUT2D eigenvalue weighted by atomic mass is 10.2. The second-order valence-corrected chi connectivity index (χ2v) is 8.65. The molecule has 4 aromatic rings. The van der Waals surface area contributed by atoms with Crippen LogP contribution in [0.2, 0.25) is 0 Å². The van der Waals surface area contributed by atoms with Gasteiger partial charge in [-0.2, -0.15) is 0 Å². The van der Waals surface area contributed by atoms with Gasteiger partial charge in [-0.25, -0.2) is 13.4 Å². The Bertz CT molecular complexity index is 1200. The fourth-order valence-electron chi connectivity index (χ4n) is 2.60. The number of fused-ring (bicyclic) bond motifs is 1. The van der Waals surface area contributed by atoms with Gasteiger partial charge in [0.1, 0.15) is 0 Å². The van der Waals surface area contributed by atoms with Crippen molar-refractivity contribution >= 4 is 48.3 Å². The van der Waals surface area contributed by atoms with Gasteiger partial charge in [-0.05, 0) is 48.5 Å². The summed E-state index contributed by atoms with van der Waals surface area (Å²) < 4.78 is 28.2. The third-order valence-electron chi connectivity index (χ3n) is 3.97. The molecule has 2 N–H and O–H groups in total. The highest BCUT2D eigenvalue weighted by Gasteiger charge is 2.14. The molecule has 4 rings (SSSR count). The Morgan fingerprint density at radius 1 is 0.857 bits per heavy atom. The summed E-state index contributed by atoms with van der Waals surface area (Å²) in [4.78, 5) is 17.0. The number of rotatable bonds is 5. The van der Waals surface area contributed by atoms with Gasteiger partial charge in [0.15, 0.2) is 5.13 Å². The van der Waals surface area contributed by atoms with Gasteiger partial charge in [-0.3, -0.25) is 14.8 Å². The van der Waals surface area contributed by atoms with Crippen LogP contribution in [0.4, 0.5) is 10.8 Å².